The van der Waals surface area contributed by atoms with Crippen LogP contribution in [0.25, 0.3) is 10.9 Å². The molecule has 1 heterocycles. The maximum Gasteiger partial charge on any atom is 0.415 e. The van der Waals surface area contributed by atoms with Crippen molar-refractivity contribution in [2.45, 2.75) is 98.1 Å². The van der Waals surface area contributed by atoms with E-state index in [1.165, 1.54) is 0 Å². The van der Waals surface area contributed by atoms with E-state index in [2.05, 4.69) is 78.2 Å². The van der Waals surface area contributed by atoms with E-state index in [1.807, 2.05) is 26.0 Å². The fourth-order valence-corrected chi connectivity index (χ4v) is 6.85. The zero-order valence-corrected chi connectivity index (χ0v) is 26.7. The Morgan fingerprint density at radius 2 is 1.58 bits per heavy atom. The van der Waals surface area contributed by atoms with Gasteiger partial charge in [0.25, 0.3) is 0 Å². The first-order chi connectivity index (χ1) is 16.4. The minimum Gasteiger partial charge on any atom is -0.416 e. The standard InChI is InChI=1S/C28H48N2O4Si2/c1-13-29(14-2)26(32)34-25-18-23-21(15-16-33-36(11,12)28(6,7)8)19-30(24(23)17-22(25)20-31)35(9,10)27(3,4)5/h17-20H,13-16H2,1-12H3. The molecule has 1 aromatic heterocycles. The SMILES string of the molecule is CCN(CC)C(=O)Oc1cc2c(CCO[Si](C)(C)C(C)(C)C)cn([Si](C)(C)C(C)(C)C)c2cc1C=O. The van der Waals surface area contributed by atoms with Crippen LogP contribution >= 0.6 is 0 Å². The van der Waals surface area contributed by atoms with E-state index >= 15 is 0 Å². The van der Waals surface area contributed by atoms with E-state index in [0.29, 0.717) is 31.0 Å². The quantitative estimate of drug-likeness (QED) is 0.245. The van der Waals surface area contributed by atoms with Crippen LogP contribution in [0.1, 0.15) is 71.3 Å². The Balaban J connectivity index is 2.62. The van der Waals surface area contributed by atoms with Crippen molar-refractivity contribution in [1.82, 2.24) is 9.13 Å². The zero-order chi connectivity index (χ0) is 27.7. The second kappa shape index (κ2) is 10.8. The maximum atomic E-state index is 12.7. The summed E-state index contributed by atoms with van der Waals surface area (Å²) < 4.78 is 14.7. The predicted molar refractivity (Wildman–Crippen MR) is 156 cm³/mol. The minimum atomic E-state index is -1.99. The number of ether oxygens (including phenoxy) is 1. The third-order valence-electron chi connectivity index (χ3n) is 8.44. The maximum absolute atomic E-state index is 12.7. The lowest BCUT2D eigenvalue weighted by atomic mass is 10.1. The smallest absolute Gasteiger partial charge is 0.415 e. The summed E-state index contributed by atoms with van der Waals surface area (Å²) in [5.74, 6) is 0.314. The fraction of sp³-hybridized carbons (Fsp3) is 0.643. The van der Waals surface area contributed by atoms with Crippen molar-refractivity contribution in [2.75, 3.05) is 19.7 Å². The Labute approximate surface area is 220 Å². The highest BCUT2D eigenvalue weighted by Gasteiger charge is 2.39. The van der Waals surface area contributed by atoms with Gasteiger partial charge in [0.2, 0.25) is 0 Å². The van der Waals surface area contributed by atoms with E-state index in [-0.39, 0.29) is 10.1 Å². The molecule has 0 aliphatic carbocycles. The molecular weight excluding hydrogens is 484 g/mol. The normalized spacial score (nSPS) is 13.2. The Morgan fingerprint density at radius 1 is 1.00 bits per heavy atom. The molecule has 0 fully saturated rings. The fourth-order valence-electron chi connectivity index (χ4n) is 3.81. The second-order valence-electron chi connectivity index (χ2n) is 12.8. The van der Waals surface area contributed by atoms with Crippen LogP contribution in [0.4, 0.5) is 4.79 Å². The van der Waals surface area contributed by atoms with Crippen LogP contribution < -0.4 is 4.74 Å². The average Bonchev–Trinajstić information content (AvgIpc) is 3.10. The number of hydrogen-bond donors (Lipinski definition) is 0. The highest BCUT2D eigenvalue weighted by Crippen LogP contribution is 2.41. The van der Waals surface area contributed by atoms with E-state index in [9.17, 15) is 9.59 Å². The van der Waals surface area contributed by atoms with Gasteiger partial charge in [-0.1, -0.05) is 54.6 Å². The summed E-state index contributed by atoms with van der Waals surface area (Å²) in [7, 11) is -3.87. The molecule has 0 atom stereocenters. The number of fused-ring (bicyclic) bond motifs is 1. The molecule has 2 rings (SSSR count). The molecule has 0 aliphatic heterocycles. The minimum absolute atomic E-state index is 0.100. The lowest BCUT2D eigenvalue weighted by molar-refractivity contribution is 0.111. The Bertz CT molecular complexity index is 1090. The molecular formula is C28H48N2O4Si2. The lowest BCUT2D eigenvalue weighted by Gasteiger charge is -2.38. The third-order valence-corrected chi connectivity index (χ3v) is 18.2. The van der Waals surface area contributed by atoms with Crippen molar-refractivity contribution in [3.63, 3.8) is 0 Å². The Kier molecular flexibility index (Phi) is 9.12. The van der Waals surface area contributed by atoms with E-state index in [4.69, 9.17) is 9.16 Å². The molecule has 0 N–H and O–H groups in total. The van der Waals surface area contributed by atoms with Crippen molar-refractivity contribution < 1.29 is 18.8 Å². The summed E-state index contributed by atoms with van der Waals surface area (Å²) >= 11 is 0. The van der Waals surface area contributed by atoms with Crippen LogP contribution in [0.15, 0.2) is 18.3 Å². The molecule has 0 saturated carbocycles. The highest BCUT2D eigenvalue weighted by molar-refractivity contribution is 6.79. The van der Waals surface area contributed by atoms with E-state index < -0.39 is 22.6 Å². The molecule has 0 spiro atoms. The van der Waals surface area contributed by atoms with Gasteiger partial charge in [-0.15, -0.1) is 0 Å². The van der Waals surface area contributed by atoms with Gasteiger partial charge in [-0.25, -0.2) is 4.79 Å². The van der Waals surface area contributed by atoms with Gasteiger partial charge in [-0.2, -0.15) is 0 Å². The van der Waals surface area contributed by atoms with Crippen molar-refractivity contribution >= 4 is 39.8 Å². The van der Waals surface area contributed by atoms with E-state index in [0.717, 1.165) is 29.2 Å². The number of aromatic nitrogens is 1. The van der Waals surface area contributed by atoms with Gasteiger partial charge >= 0.3 is 6.09 Å². The topological polar surface area (TPSA) is 60.8 Å². The molecule has 0 bridgehead atoms. The Hall–Kier alpha value is -1.91. The van der Waals surface area contributed by atoms with Crippen LogP contribution in [0.5, 0.6) is 5.75 Å². The molecule has 0 saturated heterocycles. The first-order valence-corrected chi connectivity index (χ1v) is 19.0. The summed E-state index contributed by atoms with van der Waals surface area (Å²) in [6, 6.07) is 3.78. The van der Waals surface area contributed by atoms with Crippen molar-refractivity contribution in [3.05, 3.63) is 29.5 Å². The molecule has 1 aromatic carbocycles. The van der Waals surface area contributed by atoms with Crippen LogP contribution in [-0.2, 0) is 10.8 Å². The van der Waals surface area contributed by atoms with Crippen molar-refractivity contribution in [3.8, 4) is 5.75 Å². The molecule has 0 unspecified atom stereocenters. The predicted octanol–water partition coefficient (Wildman–Crippen LogP) is 7.71. The molecule has 8 heteroatoms. The largest absolute Gasteiger partial charge is 0.416 e. The number of rotatable bonds is 9. The van der Waals surface area contributed by atoms with Crippen LogP contribution in [0.2, 0.25) is 36.3 Å². The van der Waals surface area contributed by atoms with Gasteiger partial charge in [-0.05, 0) is 67.3 Å². The third kappa shape index (κ3) is 6.14. The van der Waals surface area contributed by atoms with E-state index in [1.54, 1.807) is 4.90 Å². The number of aldehydes is 1. The molecule has 2 aromatic rings. The lowest BCUT2D eigenvalue weighted by Crippen LogP contribution is -2.45. The van der Waals surface area contributed by atoms with Gasteiger partial charge in [0, 0.05) is 30.6 Å². The van der Waals surface area contributed by atoms with Gasteiger partial charge in [0.1, 0.15) is 5.75 Å². The number of carbonyl (C=O) groups excluding carboxylic acids is 2. The van der Waals surface area contributed by atoms with Crippen LogP contribution in [0, 0.1) is 0 Å². The molecule has 202 valence electrons. The average molecular weight is 533 g/mol. The summed E-state index contributed by atoms with van der Waals surface area (Å²) in [4.78, 5) is 26.4. The first kappa shape index (κ1) is 30.3. The summed E-state index contributed by atoms with van der Waals surface area (Å²) in [5, 5.41) is 1.27. The highest BCUT2D eigenvalue weighted by atomic mass is 28.4. The summed E-state index contributed by atoms with van der Waals surface area (Å²) in [6.45, 7) is 28.4. The summed E-state index contributed by atoms with van der Waals surface area (Å²) in [5.41, 5.74) is 2.57. The summed E-state index contributed by atoms with van der Waals surface area (Å²) in [6.07, 6.45) is 3.36. The first-order valence-electron chi connectivity index (χ1n) is 13.2. The number of carbonyl (C=O) groups is 2. The van der Waals surface area contributed by atoms with Crippen molar-refractivity contribution in [1.29, 1.82) is 0 Å². The molecule has 6 nitrogen and oxygen atoms in total. The number of benzene rings is 1. The number of nitrogens with zero attached hydrogens (tertiary/aromatic N) is 2. The number of hydrogen-bond acceptors (Lipinski definition) is 4. The van der Waals surface area contributed by atoms with Crippen LogP contribution in [-0.4, -0.2) is 57.8 Å². The van der Waals surface area contributed by atoms with Gasteiger partial charge in [0.15, 0.2) is 22.8 Å². The molecule has 0 radical (unpaired) electrons. The zero-order valence-electron chi connectivity index (χ0n) is 24.7. The molecule has 36 heavy (non-hydrogen) atoms. The monoisotopic (exact) mass is 532 g/mol. The molecule has 0 aliphatic rings. The molecule has 1 amide bonds. The number of amides is 1. The van der Waals surface area contributed by atoms with Gasteiger partial charge in [0.05, 0.1) is 5.56 Å². The van der Waals surface area contributed by atoms with Gasteiger partial charge in [-0.3, -0.25) is 4.79 Å². The second-order valence-corrected chi connectivity index (χ2v) is 22.7. The van der Waals surface area contributed by atoms with Crippen molar-refractivity contribution in [2.24, 2.45) is 0 Å². The van der Waals surface area contributed by atoms with Crippen LogP contribution in [0.3, 0.4) is 0 Å². The van der Waals surface area contributed by atoms with Gasteiger partial charge < -0.3 is 18.3 Å². The Morgan fingerprint density at radius 3 is 2.06 bits per heavy atom.